The van der Waals surface area contributed by atoms with E-state index in [-0.39, 0.29) is 0 Å². The van der Waals surface area contributed by atoms with Crippen molar-refractivity contribution in [2.75, 3.05) is 6.54 Å². The third kappa shape index (κ3) is 3.90. The summed E-state index contributed by atoms with van der Waals surface area (Å²) in [5.74, 6) is 5.28. The molecule has 0 aliphatic rings. The molecule has 1 aromatic carbocycles. The Bertz CT molecular complexity index is 254. The van der Waals surface area contributed by atoms with Gasteiger partial charge in [-0.2, -0.15) is 0 Å². The molecule has 1 rings (SSSR count). The minimum Gasteiger partial charge on any atom is -0.271 e. The van der Waals surface area contributed by atoms with Crippen molar-refractivity contribution >= 4 is 0 Å². The number of hydrogen-bond acceptors (Lipinski definition) is 2. The van der Waals surface area contributed by atoms with E-state index < -0.39 is 0 Å². The molecule has 0 aliphatic carbocycles. The van der Waals surface area contributed by atoms with E-state index in [4.69, 9.17) is 5.84 Å². The molecule has 0 amide bonds. The Morgan fingerprint density at radius 1 is 1.21 bits per heavy atom. The second-order valence-corrected chi connectivity index (χ2v) is 4.53. The monoisotopic (exact) mass is 192 g/mol. The summed E-state index contributed by atoms with van der Waals surface area (Å²) in [5, 5.41) is 0. The van der Waals surface area contributed by atoms with E-state index in [1.165, 1.54) is 5.56 Å². The van der Waals surface area contributed by atoms with Gasteiger partial charge in [0.1, 0.15) is 0 Å². The van der Waals surface area contributed by atoms with Crippen LogP contribution < -0.4 is 11.3 Å². The van der Waals surface area contributed by atoms with Crippen LogP contribution in [0, 0.1) is 5.41 Å². The summed E-state index contributed by atoms with van der Waals surface area (Å²) in [6.07, 6.45) is 2.20. The van der Waals surface area contributed by atoms with Gasteiger partial charge in [0.25, 0.3) is 0 Å². The molecule has 0 bridgehead atoms. The van der Waals surface area contributed by atoms with Crippen LogP contribution in [-0.4, -0.2) is 6.54 Å². The lowest BCUT2D eigenvalue weighted by atomic mass is 9.83. The van der Waals surface area contributed by atoms with Crippen LogP contribution in [0.2, 0.25) is 0 Å². The average molecular weight is 192 g/mol. The van der Waals surface area contributed by atoms with Gasteiger partial charge in [-0.1, -0.05) is 44.2 Å². The first-order chi connectivity index (χ1) is 6.64. The summed E-state index contributed by atoms with van der Waals surface area (Å²) in [5.41, 5.74) is 4.42. The summed E-state index contributed by atoms with van der Waals surface area (Å²) in [4.78, 5) is 0. The number of nitrogens with two attached hydrogens (primary N) is 1. The maximum absolute atomic E-state index is 5.28. The van der Waals surface area contributed by atoms with Crippen molar-refractivity contribution in [1.82, 2.24) is 5.43 Å². The van der Waals surface area contributed by atoms with E-state index in [1.807, 2.05) is 0 Å². The second-order valence-electron chi connectivity index (χ2n) is 4.53. The van der Waals surface area contributed by atoms with Crippen molar-refractivity contribution in [3.8, 4) is 0 Å². The molecule has 0 aromatic heterocycles. The van der Waals surface area contributed by atoms with Crippen LogP contribution in [0.25, 0.3) is 0 Å². The lowest BCUT2D eigenvalue weighted by molar-refractivity contribution is 0.326. The fourth-order valence-corrected chi connectivity index (χ4v) is 1.65. The van der Waals surface area contributed by atoms with Crippen LogP contribution in [0.4, 0.5) is 0 Å². The molecule has 3 N–H and O–H groups in total. The first kappa shape index (κ1) is 11.2. The predicted molar refractivity (Wildman–Crippen MR) is 60.7 cm³/mol. The molecule has 0 fully saturated rings. The molecule has 0 heterocycles. The summed E-state index contributed by atoms with van der Waals surface area (Å²) in [6.45, 7) is 5.43. The first-order valence-electron chi connectivity index (χ1n) is 5.11. The average Bonchev–Trinajstić information content (AvgIpc) is 2.16. The molecule has 78 valence electrons. The van der Waals surface area contributed by atoms with E-state index in [9.17, 15) is 0 Å². The van der Waals surface area contributed by atoms with Crippen molar-refractivity contribution in [2.45, 2.75) is 26.7 Å². The zero-order chi connectivity index (χ0) is 10.4. The SMILES string of the molecule is CC(C)(CCNN)Cc1ccccc1. The topological polar surface area (TPSA) is 38.0 Å². The molecule has 0 radical (unpaired) electrons. The van der Waals surface area contributed by atoms with Crippen LogP contribution in [-0.2, 0) is 6.42 Å². The van der Waals surface area contributed by atoms with Crippen LogP contribution in [0.3, 0.4) is 0 Å². The summed E-state index contributed by atoms with van der Waals surface area (Å²) in [6, 6.07) is 10.6. The highest BCUT2D eigenvalue weighted by molar-refractivity contribution is 5.16. The molecule has 2 nitrogen and oxygen atoms in total. The highest BCUT2D eigenvalue weighted by Gasteiger charge is 2.17. The lowest BCUT2D eigenvalue weighted by Gasteiger charge is -2.24. The fourth-order valence-electron chi connectivity index (χ4n) is 1.65. The van der Waals surface area contributed by atoms with E-state index in [0.29, 0.717) is 5.41 Å². The largest absolute Gasteiger partial charge is 0.271 e. The van der Waals surface area contributed by atoms with Crippen LogP contribution in [0.1, 0.15) is 25.8 Å². The molecular formula is C12H20N2. The maximum Gasteiger partial charge on any atom is 0.0103 e. The maximum atomic E-state index is 5.28. The smallest absolute Gasteiger partial charge is 0.0103 e. The number of benzene rings is 1. The minimum atomic E-state index is 0.313. The van der Waals surface area contributed by atoms with Crippen molar-refractivity contribution in [1.29, 1.82) is 0 Å². The molecule has 0 saturated carbocycles. The van der Waals surface area contributed by atoms with E-state index in [1.54, 1.807) is 0 Å². The molecule has 0 saturated heterocycles. The zero-order valence-electron chi connectivity index (χ0n) is 9.09. The van der Waals surface area contributed by atoms with Gasteiger partial charge >= 0.3 is 0 Å². The van der Waals surface area contributed by atoms with Gasteiger partial charge in [0.2, 0.25) is 0 Å². The van der Waals surface area contributed by atoms with Crippen LogP contribution >= 0.6 is 0 Å². The van der Waals surface area contributed by atoms with Gasteiger partial charge in [-0.05, 0) is 23.8 Å². The summed E-state index contributed by atoms with van der Waals surface area (Å²) >= 11 is 0. The van der Waals surface area contributed by atoms with E-state index in [2.05, 4.69) is 49.6 Å². The Kier molecular flexibility index (Phi) is 4.11. The Morgan fingerprint density at radius 2 is 1.86 bits per heavy atom. The van der Waals surface area contributed by atoms with Gasteiger partial charge in [0.15, 0.2) is 0 Å². The summed E-state index contributed by atoms with van der Waals surface area (Å²) in [7, 11) is 0. The number of rotatable bonds is 5. The first-order valence-corrected chi connectivity index (χ1v) is 5.11. The quantitative estimate of drug-likeness (QED) is 0.554. The molecule has 0 atom stereocenters. The Balaban J connectivity index is 2.50. The number of hydrazine groups is 1. The van der Waals surface area contributed by atoms with Gasteiger partial charge < -0.3 is 0 Å². The lowest BCUT2D eigenvalue weighted by Crippen LogP contribution is -2.28. The van der Waals surface area contributed by atoms with Crippen LogP contribution in [0.5, 0.6) is 0 Å². The number of nitrogens with one attached hydrogen (secondary N) is 1. The van der Waals surface area contributed by atoms with Gasteiger partial charge in [-0.25, -0.2) is 0 Å². The highest BCUT2D eigenvalue weighted by Crippen LogP contribution is 2.24. The van der Waals surface area contributed by atoms with Gasteiger partial charge in [-0.15, -0.1) is 0 Å². The molecule has 1 aromatic rings. The minimum absolute atomic E-state index is 0.313. The molecule has 0 aliphatic heterocycles. The summed E-state index contributed by atoms with van der Waals surface area (Å²) < 4.78 is 0. The third-order valence-electron chi connectivity index (χ3n) is 2.47. The fraction of sp³-hybridized carbons (Fsp3) is 0.500. The zero-order valence-corrected chi connectivity index (χ0v) is 9.09. The molecular weight excluding hydrogens is 172 g/mol. The molecule has 2 heteroatoms. The Morgan fingerprint density at radius 3 is 2.43 bits per heavy atom. The second kappa shape index (κ2) is 5.13. The van der Waals surface area contributed by atoms with Gasteiger partial charge in [0.05, 0.1) is 0 Å². The molecule has 0 unspecified atom stereocenters. The normalized spacial score (nSPS) is 11.6. The standard InChI is InChI=1S/C12H20N2/c1-12(2,8-9-14-13)10-11-6-4-3-5-7-11/h3-7,14H,8-10,13H2,1-2H3. The van der Waals surface area contributed by atoms with E-state index in [0.717, 1.165) is 19.4 Å². The van der Waals surface area contributed by atoms with E-state index >= 15 is 0 Å². The Labute approximate surface area is 86.5 Å². The van der Waals surface area contributed by atoms with Crippen molar-refractivity contribution in [2.24, 2.45) is 11.3 Å². The van der Waals surface area contributed by atoms with Crippen molar-refractivity contribution < 1.29 is 0 Å². The van der Waals surface area contributed by atoms with Crippen molar-refractivity contribution in [3.63, 3.8) is 0 Å². The van der Waals surface area contributed by atoms with Gasteiger partial charge in [0, 0.05) is 6.54 Å². The number of hydrogen-bond donors (Lipinski definition) is 2. The Hall–Kier alpha value is -0.860. The van der Waals surface area contributed by atoms with Crippen LogP contribution in [0.15, 0.2) is 30.3 Å². The molecule has 14 heavy (non-hydrogen) atoms. The highest BCUT2D eigenvalue weighted by atomic mass is 15.2. The predicted octanol–water partition coefficient (Wildman–Crippen LogP) is 2.11. The third-order valence-corrected chi connectivity index (χ3v) is 2.47. The molecule has 0 spiro atoms. The van der Waals surface area contributed by atoms with Gasteiger partial charge in [-0.3, -0.25) is 11.3 Å². The van der Waals surface area contributed by atoms with Crippen molar-refractivity contribution in [3.05, 3.63) is 35.9 Å².